The highest BCUT2D eigenvalue weighted by Crippen LogP contribution is 2.38. The van der Waals surface area contributed by atoms with Crippen LogP contribution in [0.2, 0.25) is 0 Å². The van der Waals surface area contributed by atoms with Crippen molar-refractivity contribution in [2.24, 2.45) is 5.73 Å². The predicted molar refractivity (Wildman–Crippen MR) is 106 cm³/mol. The molecule has 1 saturated heterocycles. The van der Waals surface area contributed by atoms with E-state index >= 15 is 0 Å². The first kappa shape index (κ1) is 18.6. The molecular weight excluding hydrogens is 322 g/mol. The average Bonchev–Trinajstić information content (AvgIpc) is 3.09. The molecule has 1 aliphatic heterocycles. The summed E-state index contributed by atoms with van der Waals surface area (Å²) in [7, 11) is 3.68. The molecule has 4 nitrogen and oxygen atoms in total. The molecule has 0 aliphatic carbocycles. The fourth-order valence-electron chi connectivity index (χ4n) is 4.03. The van der Waals surface area contributed by atoms with Gasteiger partial charge in [-0.15, -0.1) is 0 Å². The molecule has 26 heavy (non-hydrogen) atoms. The Morgan fingerprint density at radius 1 is 1.08 bits per heavy atom. The Bertz CT molecular complexity index is 675. The smallest absolute Gasteiger partial charge is 0.237 e. The van der Waals surface area contributed by atoms with E-state index in [9.17, 15) is 4.79 Å². The fraction of sp³-hybridized carbons (Fsp3) is 0.409. The van der Waals surface area contributed by atoms with Gasteiger partial charge < -0.3 is 15.5 Å². The van der Waals surface area contributed by atoms with Crippen LogP contribution in [-0.2, 0) is 10.2 Å². The Hall–Kier alpha value is -2.17. The van der Waals surface area contributed by atoms with Crippen LogP contribution in [0.15, 0.2) is 60.7 Å². The Morgan fingerprint density at radius 2 is 1.62 bits per heavy atom. The molecule has 2 aromatic rings. The lowest BCUT2D eigenvalue weighted by atomic mass is 9.70. The zero-order valence-electron chi connectivity index (χ0n) is 15.8. The normalized spacial score (nSPS) is 18.0. The largest absolute Gasteiger partial charge is 0.348 e. The molecule has 2 aromatic carbocycles. The monoisotopic (exact) mass is 351 g/mol. The molecule has 138 valence electrons. The summed E-state index contributed by atoms with van der Waals surface area (Å²) in [5.74, 6) is 0.124. The lowest BCUT2D eigenvalue weighted by Gasteiger charge is -2.37. The molecule has 1 heterocycles. The first-order valence-electron chi connectivity index (χ1n) is 9.35. The van der Waals surface area contributed by atoms with Crippen LogP contribution in [0, 0.1) is 0 Å². The fourth-order valence-corrected chi connectivity index (χ4v) is 4.03. The molecule has 0 radical (unpaired) electrons. The number of carbonyl (C=O) groups excluding carboxylic acids is 1. The standard InChI is InChI=1S/C22H29N3O/c1-24(2)21(26)22(18-9-5-3-6-10-18,19-11-7-4-8-12-19)14-16-25-15-13-20(23)17-25/h3-12,20H,13-17,23H2,1-2H3/t20-/m0/s1. The molecule has 0 spiro atoms. The number of hydrogen-bond donors (Lipinski definition) is 1. The Balaban J connectivity index is 2.04. The van der Waals surface area contributed by atoms with Crippen molar-refractivity contribution in [3.63, 3.8) is 0 Å². The zero-order chi connectivity index (χ0) is 18.6. The maximum absolute atomic E-state index is 13.5. The average molecular weight is 351 g/mol. The van der Waals surface area contributed by atoms with Gasteiger partial charge >= 0.3 is 0 Å². The van der Waals surface area contributed by atoms with Gasteiger partial charge in [-0.25, -0.2) is 0 Å². The molecule has 2 N–H and O–H groups in total. The molecule has 1 atom stereocenters. The highest BCUT2D eigenvalue weighted by molar-refractivity contribution is 5.91. The maximum atomic E-state index is 13.5. The third-order valence-electron chi connectivity index (χ3n) is 5.42. The number of nitrogens with two attached hydrogens (primary N) is 1. The number of nitrogens with zero attached hydrogens (tertiary/aromatic N) is 2. The number of amides is 1. The van der Waals surface area contributed by atoms with E-state index < -0.39 is 5.41 Å². The zero-order valence-corrected chi connectivity index (χ0v) is 15.8. The first-order chi connectivity index (χ1) is 12.5. The second-order valence-corrected chi connectivity index (χ2v) is 7.44. The summed E-state index contributed by atoms with van der Waals surface area (Å²) in [5.41, 5.74) is 7.49. The number of rotatable bonds is 6. The van der Waals surface area contributed by atoms with Gasteiger partial charge in [-0.2, -0.15) is 0 Å². The van der Waals surface area contributed by atoms with Crippen molar-refractivity contribution >= 4 is 5.91 Å². The van der Waals surface area contributed by atoms with E-state index in [2.05, 4.69) is 29.2 Å². The molecule has 1 amide bonds. The summed E-state index contributed by atoms with van der Waals surface area (Å²) in [6, 6.07) is 20.6. The number of benzene rings is 2. The third kappa shape index (κ3) is 3.67. The summed E-state index contributed by atoms with van der Waals surface area (Å²) in [4.78, 5) is 17.6. The van der Waals surface area contributed by atoms with Gasteiger partial charge in [0.1, 0.15) is 5.41 Å². The van der Waals surface area contributed by atoms with Crippen molar-refractivity contribution in [2.75, 3.05) is 33.7 Å². The van der Waals surface area contributed by atoms with Crippen LogP contribution < -0.4 is 5.73 Å². The van der Waals surface area contributed by atoms with Gasteiger partial charge in [-0.3, -0.25) is 4.79 Å². The minimum absolute atomic E-state index is 0.124. The van der Waals surface area contributed by atoms with E-state index in [1.165, 1.54) is 0 Å². The van der Waals surface area contributed by atoms with E-state index in [4.69, 9.17) is 5.73 Å². The van der Waals surface area contributed by atoms with E-state index in [1.54, 1.807) is 4.90 Å². The van der Waals surface area contributed by atoms with Gasteiger partial charge in [0.2, 0.25) is 5.91 Å². The van der Waals surface area contributed by atoms with Gasteiger partial charge in [0.05, 0.1) is 0 Å². The van der Waals surface area contributed by atoms with Crippen molar-refractivity contribution in [3.05, 3.63) is 71.8 Å². The van der Waals surface area contributed by atoms with E-state index in [-0.39, 0.29) is 11.9 Å². The second kappa shape index (κ2) is 8.02. The number of likely N-dealkylation sites (N-methyl/N-ethyl adjacent to an activating group) is 1. The van der Waals surface area contributed by atoms with Crippen molar-refractivity contribution in [2.45, 2.75) is 24.3 Å². The van der Waals surface area contributed by atoms with Crippen molar-refractivity contribution < 1.29 is 4.79 Å². The topological polar surface area (TPSA) is 49.6 Å². The van der Waals surface area contributed by atoms with Crippen molar-refractivity contribution in [1.29, 1.82) is 0 Å². The molecule has 0 unspecified atom stereocenters. The number of carbonyl (C=O) groups is 1. The molecule has 1 aliphatic rings. The van der Waals surface area contributed by atoms with Crippen LogP contribution in [-0.4, -0.2) is 55.5 Å². The minimum atomic E-state index is -0.682. The highest BCUT2D eigenvalue weighted by Gasteiger charge is 2.43. The highest BCUT2D eigenvalue weighted by atomic mass is 16.2. The Morgan fingerprint density at radius 3 is 2.04 bits per heavy atom. The summed E-state index contributed by atoms with van der Waals surface area (Å²) >= 11 is 0. The lowest BCUT2D eigenvalue weighted by Crippen LogP contribution is -2.47. The molecule has 0 bridgehead atoms. The quantitative estimate of drug-likeness (QED) is 0.870. The van der Waals surface area contributed by atoms with Crippen LogP contribution in [0.25, 0.3) is 0 Å². The molecule has 3 rings (SSSR count). The molecule has 1 fully saturated rings. The van der Waals surface area contributed by atoms with Gasteiger partial charge in [0, 0.05) is 26.7 Å². The van der Waals surface area contributed by atoms with Crippen LogP contribution in [0.4, 0.5) is 0 Å². The molecule has 4 heteroatoms. The molecule has 0 aromatic heterocycles. The Labute approximate surface area is 156 Å². The predicted octanol–water partition coefficient (Wildman–Crippen LogP) is 2.48. The Kier molecular flexibility index (Phi) is 5.74. The number of hydrogen-bond acceptors (Lipinski definition) is 3. The van der Waals surface area contributed by atoms with Gasteiger partial charge in [0.15, 0.2) is 0 Å². The summed E-state index contributed by atoms with van der Waals surface area (Å²) in [5, 5.41) is 0. The van der Waals surface area contributed by atoms with Gasteiger partial charge in [0.25, 0.3) is 0 Å². The third-order valence-corrected chi connectivity index (χ3v) is 5.42. The van der Waals surface area contributed by atoms with E-state index in [0.29, 0.717) is 0 Å². The number of likely N-dealkylation sites (tertiary alicyclic amines) is 1. The van der Waals surface area contributed by atoms with Crippen molar-refractivity contribution in [3.8, 4) is 0 Å². The minimum Gasteiger partial charge on any atom is -0.348 e. The van der Waals surface area contributed by atoms with Gasteiger partial charge in [-0.05, 0) is 37.1 Å². The SMILES string of the molecule is CN(C)C(=O)C(CCN1CC[C@H](N)C1)(c1ccccc1)c1ccccc1. The van der Waals surface area contributed by atoms with E-state index in [1.807, 2.05) is 50.5 Å². The van der Waals surface area contributed by atoms with Crippen molar-refractivity contribution in [1.82, 2.24) is 9.80 Å². The van der Waals surface area contributed by atoms with Gasteiger partial charge in [-0.1, -0.05) is 60.7 Å². The van der Waals surface area contributed by atoms with Crippen LogP contribution in [0.1, 0.15) is 24.0 Å². The molecule has 0 saturated carbocycles. The second-order valence-electron chi connectivity index (χ2n) is 7.44. The van der Waals surface area contributed by atoms with Crippen LogP contribution in [0.3, 0.4) is 0 Å². The first-order valence-corrected chi connectivity index (χ1v) is 9.35. The van der Waals surface area contributed by atoms with Crippen LogP contribution >= 0.6 is 0 Å². The summed E-state index contributed by atoms with van der Waals surface area (Å²) in [6.45, 7) is 2.78. The van der Waals surface area contributed by atoms with E-state index in [0.717, 1.165) is 43.6 Å². The van der Waals surface area contributed by atoms with Crippen LogP contribution in [0.5, 0.6) is 0 Å². The summed E-state index contributed by atoms with van der Waals surface area (Å²) in [6.07, 6.45) is 1.77. The lowest BCUT2D eigenvalue weighted by molar-refractivity contribution is -0.133. The maximum Gasteiger partial charge on any atom is 0.237 e. The summed E-state index contributed by atoms with van der Waals surface area (Å²) < 4.78 is 0. The molecular formula is C22H29N3O.